The molecule has 0 aromatic heterocycles. The van der Waals surface area contributed by atoms with Crippen LogP contribution < -0.4 is 10.2 Å². The molecule has 7 nitrogen and oxygen atoms in total. The zero-order valence-corrected chi connectivity index (χ0v) is 21.1. The lowest BCUT2D eigenvalue weighted by Crippen LogP contribution is -2.52. The number of carbonyl (C=O) groups is 2. The Bertz CT molecular complexity index is 994. The third kappa shape index (κ3) is 6.49. The summed E-state index contributed by atoms with van der Waals surface area (Å²) in [6.45, 7) is 0.622. The average molecular weight is 498 g/mol. The summed E-state index contributed by atoms with van der Waals surface area (Å²) in [7, 11) is 1.40. The van der Waals surface area contributed by atoms with Gasteiger partial charge >= 0.3 is 6.03 Å². The van der Waals surface area contributed by atoms with Crippen LogP contribution in [0, 0.1) is 5.92 Å². The van der Waals surface area contributed by atoms with Gasteiger partial charge in [-0.2, -0.15) is 5.06 Å². The van der Waals surface area contributed by atoms with Crippen LogP contribution in [0.5, 0.6) is 5.75 Å². The van der Waals surface area contributed by atoms with E-state index in [1.165, 1.54) is 57.8 Å². The van der Waals surface area contributed by atoms with Crippen molar-refractivity contribution in [3.63, 3.8) is 0 Å². The van der Waals surface area contributed by atoms with Gasteiger partial charge < -0.3 is 15.3 Å². The number of phenols is 1. The van der Waals surface area contributed by atoms with Gasteiger partial charge in [0.15, 0.2) is 0 Å². The highest BCUT2D eigenvalue weighted by atomic mass is 32.2. The molecule has 3 amide bonds. The van der Waals surface area contributed by atoms with Crippen LogP contribution in [0.2, 0.25) is 0 Å². The number of rotatable bonds is 8. The number of carbonyl (C=O) groups excluding carboxylic acids is 2. The number of phenolic OH excluding ortho intramolecular Hbond substituents is 1. The highest BCUT2D eigenvalue weighted by Crippen LogP contribution is 2.36. The molecular formula is C27H35N3O4S. The van der Waals surface area contributed by atoms with Crippen LogP contribution >= 0.6 is 11.8 Å². The molecule has 2 aliphatic rings. The SMILES string of the molecule is CON(C(=O)Nc1ccc(O)cc1)[C@H]1CSc2ccccc2N(CCCCC2CCCCC2)C1=O. The van der Waals surface area contributed by atoms with Crippen LogP contribution in [-0.4, -0.2) is 47.6 Å². The highest BCUT2D eigenvalue weighted by Gasteiger charge is 2.37. The van der Waals surface area contributed by atoms with E-state index in [2.05, 4.69) is 5.32 Å². The Hall–Kier alpha value is -2.71. The molecule has 1 heterocycles. The maximum absolute atomic E-state index is 13.8. The summed E-state index contributed by atoms with van der Waals surface area (Å²) in [5.74, 6) is 1.19. The summed E-state index contributed by atoms with van der Waals surface area (Å²) in [4.78, 5) is 35.1. The van der Waals surface area contributed by atoms with E-state index in [0.29, 0.717) is 18.0 Å². The van der Waals surface area contributed by atoms with Gasteiger partial charge in [0, 0.05) is 22.9 Å². The van der Waals surface area contributed by atoms with Crippen molar-refractivity contribution in [1.82, 2.24) is 5.06 Å². The minimum atomic E-state index is -0.771. The van der Waals surface area contributed by atoms with Crippen LogP contribution in [0.3, 0.4) is 0 Å². The molecule has 35 heavy (non-hydrogen) atoms. The number of aromatic hydroxyl groups is 1. The fourth-order valence-corrected chi connectivity index (χ4v) is 6.11. The second-order valence-corrected chi connectivity index (χ2v) is 10.3. The number of fused-ring (bicyclic) bond motifs is 1. The molecule has 2 aromatic rings. The van der Waals surface area contributed by atoms with Gasteiger partial charge in [0.25, 0.3) is 5.91 Å². The molecule has 1 aliphatic heterocycles. The van der Waals surface area contributed by atoms with E-state index in [-0.39, 0.29) is 11.7 Å². The summed E-state index contributed by atoms with van der Waals surface area (Å²) in [5, 5.41) is 13.4. The van der Waals surface area contributed by atoms with Crippen molar-refractivity contribution in [3.8, 4) is 5.75 Å². The first kappa shape index (κ1) is 25.4. The van der Waals surface area contributed by atoms with E-state index in [9.17, 15) is 14.7 Å². The van der Waals surface area contributed by atoms with Gasteiger partial charge in [-0.1, -0.05) is 57.1 Å². The number of hydroxylamine groups is 2. The number of thioether (sulfide) groups is 1. The summed E-state index contributed by atoms with van der Waals surface area (Å²) < 4.78 is 0. The fraction of sp³-hybridized carbons (Fsp3) is 0.481. The van der Waals surface area contributed by atoms with Crippen molar-refractivity contribution in [2.24, 2.45) is 5.92 Å². The van der Waals surface area contributed by atoms with Gasteiger partial charge in [0.05, 0.1) is 12.8 Å². The van der Waals surface area contributed by atoms with E-state index < -0.39 is 12.1 Å². The van der Waals surface area contributed by atoms with Gasteiger partial charge in [0.2, 0.25) is 0 Å². The molecule has 1 fully saturated rings. The first-order valence-corrected chi connectivity index (χ1v) is 13.5. The van der Waals surface area contributed by atoms with Crippen LogP contribution in [0.4, 0.5) is 16.2 Å². The molecule has 1 atom stereocenters. The summed E-state index contributed by atoms with van der Waals surface area (Å²) in [6, 6.07) is 12.8. The fourth-order valence-electron chi connectivity index (χ4n) is 4.99. The zero-order valence-electron chi connectivity index (χ0n) is 20.3. The third-order valence-corrected chi connectivity index (χ3v) is 8.01. The molecule has 1 saturated carbocycles. The van der Waals surface area contributed by atoms with Crippen molar-refractivity contribution in [1.29, 1.82) is 0 Å². The van der Waals surface area contributed by atoms with E-state index >= 15 is 0 Å². The Labute approximate surface area is 211 Å². The third-order valence-electron chi connectivity index (χ3n) is 6.87. The van der Waals surface area contributed by atoms with E-state index in [0.717, 1.165) is 34.4 Å². The lowest BCUT2D eigenvalue weighted by atomic mass is 9.86. The molecule has 2 aromatic carbocycles. The number of unbranched alkanes of at least 4 members (excludes halogenated alkanes) is 1. The predicted molar refractivity (Wildman–Crippen MR) is 140 cm³/mol. The lowest BCUT2D eigenvalue weighted by molar-refractivity contribution is -0.143. The quantitative estimate of drug-likeness (QED) is 0.264. The van der Waals surface area contributed by atoms with E-state index in [4.69, 9.17) is 4.84 Å². The van der Waals surface area contributed by atoms with Gasteiger partial charge in [0.1, 0.15) is 11.8 Å². The number of amides is 3. The maximum Gasteiger partial charge on any atom is 0.346 e. The lowest BCUT2D eigenvalue weighted by Gasteiger charge is -2.31. The molecule has 0 spiro atoms. The summed E-state index contributed by atoms with van der Waals surface area (Å²) in [5.41, 5.74) is 1.41. The van der Waals surface area contributed by atoms with Crippen LogP contribution in [0.15, 0.2) is 53.4 Å². The molecule has 0 saturated heterocycles. The maximum atomic E-state index is 13.8. The minimum absolute atomic E-state index is 0.110. The zero-order chi connectivity index (χ0) is 24.6. The second kappa shape index (κ2) is 12.3. The predicted octanol–water partition coefficient (Wildman–Crippen LogP) is 6.05. The Kier molecular flexibility index (Phi) is 8.93. The van der Waals surface area contributed by atoms with Crippen molar-refractivity contribution >= 4 is 35.1 Å². The Morgan fingerprint density at radius 3 is 2.60 bits per heavy atom. The molecule has 0 radical (unpaired) electrons. The van der Waals surface area contributed by atoms with Gasteiger partial charge in [-0.15, -0.1) is 11.8 Å². The second-order valence-electron chi connectivity index (χ2n) is 9.27. The number of nitrogens with one attached hydrogen (secondary N) is 1. The standard InChI is InChI=1S/C27H35N3O4S/c1-34-30(27(33)28-21-14-16-22(31)17-15-21)24-19-35-25-13-6-5-12-23(25)29(26(24)32)18-8-7-11-20-9-3-2-4-10-20/h5-6,12-17,20,24,31H,2-4,7-11,18-19H2,1H3,(H,28,33)/t24-/m0/s1. The molecule has 2 N–H and O–H groups in total. The normalized spacial score (nSPS) is 18.6. The van der Waals surface area contributed by atoms with E-state index in [1.54, 1.807) is 23.9 Å². The number of para-hydroxylation sites is 1. The van der Waals surface area contributed by atoms with Crippen LogP contribution in [0.1, 0.15) is 51.4 Å². The largest absolute Gasteiger partial charge is 0.508 e. The number of anilines is 2. The average Bonchev–Trinajstić information content (AvgIpc) is 3.01. The Balaban J connectivity index is 1.45. The molecular weight excluding hydrogens is 462 g/mol. The van der Waals surface area contributed by atoms with Crippen molar-refractivity contribution < 1.29 is 19.5 Å². The summed E-state index contributed by atoms with van der Waals surface area (Å²) >= 11 is 1.56. The molecule has 8 heteroatoms. The van der Waals surface area contributed by atoms with Crippen molar-refractivity contribution in [2.75, 3.05) is 29.6 Å². The molecule has 4 rings (SSSR count). The summed E-state index contributed by atoms with van der Waals surface area (Å²) in [6.07, 6.45) is 9.99. The molecule has 0 unspecified atom stereocenters. The monoisotopic (exact) mass is 497 g/mol. The molecule has 0 bridgehead atoms. The Morgan fingerprint density at radius 1 is 1.11 bits per heavy atom. The number of urea groups is 1. The molecule has 188 valence electrons. The number of benzene rings is 2. The number of nitrogens with zero attached hydrogens (tertiary/aromatic N) is 2. The first-order valence-electron chi connectivity index (χ1n) is 12.5. The highest BCUT2D eigenvalue weighted by molar-refractivity contribution is 7.99. The van der Waals surface area contributed by atoms with Gasteiger partial charge in [-0.25, -0.2) is 4.79 Å². The molecule has 1 aliphatic carbocycles. The van der Waals surface area contributed by atoms with Crippen molar-refractivity contribution in [3.05, 3.63) is 48.5 Å². The smallest absolute Gasteiger partial charge is 0.346 e. The van der Waals surface area contributed by atoms with Crippen LogP contribution in [-0.2, 0) is 9.63 Å². The van der Waals surface area contributed by atoms with Crippen molar-refractivity contribution in [2.45, 2.75) is 62.3 Å². The number of hydrogen-bond donors (Lipinski definition) is 2. The van der Waals surface area contributed by atoms with E-state index in [1.807, 2.05) is 29.2 Å². The first-order chi connectivity index (χ1) is 17.1. The number of hydrogen-bond acceptors (Lipinski definition) is 5. The van der Waals surface area contributed by atoms with Crippen LogP contribution in [0.25, 0.3) is 0 Å². The van der Waals surface area contributed by atoms with Gasteiger partial charge in [-0.05, 0) is 48.7 Å². The Morgan fingerprint density at radius 2 is 1.86 bits per heavy atom. The topological polar surface area (TPSA) is 82.1 Å². The minimum Gasteiger partial charge on any atom is -0.508 e. The van der Waals surface area contributed by atoms with Gasteiger partial charge in [-0.3, -0.25) is 9.63 Å².